The van der Waals surface area contributed by atoms with Gasteiger partial charge in [0, 0.05) is 11.5 Å². The van der Waals surface area contributed by atoms with Crippen LogP contribution in [0, 0.1) is 0 Å². The Bertz CT molecular complexity index is 1040. The van der Waals surface area contributed by atoms with E-state index in [1.54, 1.807) is 0 Å². The highest BCUT2D eigenvalue weighted by molar-refractivity contribution is 7.09. The average molecular weight is 446 g/mol. The smallest absolute Gasteiger partial charge is 0.274 e. The molecular weight excluding hydrogens is 420 g/mol. The van der Waals surface area contributed by atoms with Gasteiger partial charge in [-0.05, 0) is 30.7 Å². The molecule has 1 amide bonds. The minimum atomic E-state index is -0.806. The number of carbonyl (C=O) groups is 1. The fourth-order valence-electron chi connectivity index (χ4n) is 2.76. The summed E-state index contributed by atoms with van der Waals surface area (Å²) in [6, 6.07) is 7.74. The molecule has 0 aliphatic rings. The molecule has 0 spiro atoms. The van der Waals surface area contributed by atoms with E-state index in [-0.39, 0.29) is 29.9 Å². The number of oxime groups is 1. The first-order valence-electron chi connectivity index (χ1n) is 9.56. The van der Waals surface area contributed by atoms with Crippen molar-refractivity contribution in [2.45, 2.75) is 13.0 Å². The van der Waals surface area contributed by atoms with Gasteiger partial charge >= 0.3 is 0 Å². The summed E-state index contributed by atoms with van der Waals surface area (Å²) >= 11 is 0.936. The summed E-state index contributed by atoms with van der Waals surface area (Å²) in [6.45, 7) is 1.87. The molecule has 0 aliphatic carbocycles. The zero-order chi connectivity index (χ0) is 22.2. The minimum absolute atomic E-state index is 0.0387. The van der Waals surface area contributed by atoms with Gasteiger partial charge in [-0.1, -0.05) is 17.3 Å². The first-order chi connectivity index (χ1) is 15.0. The predicted molar refractivity (Wildman–Crippen MR) is 116 cm³/mol. The number of hydrogen-bond acceptors (Lipinski definition) is 9. The molecular formula is C19H25N8O3S+. The van der Waals surface area contributed by atoms with E-state index in [4.69, 9.17) is 26.8 Å². The van der Waals surface area contributed by atoms with Gasteiger partial charge in [0.1, 0.15) is 12.4 Å². The molecule has 11 nitrogen and oxygen atoms in total. The number of primary amides is 1. The van der Waals surface area contributed by atoms with Crippen molar-refractivity contribution in [3.63, 3.8) is 0 Å². The van der Waals surface area contributed by atoms with Gasteiger partial charge in [-0.3, -0.25) is 4.79 Å². The van der Waals surface area contributed by atoms with Crippen LogP contribution in [-0.2, 0) is 23.2 Å². The quantitative estimate of drug-likeness (QED) is 0.163. The molecule has 0 radical (unpaired) electrons. The second-order valence-electron chi connectivity index (χ2n) is 6.56. The lowest BCUT2D eigenvalue weighted by Gasteiger charge is -2.06. The Hall–Kier alpha value is -3.51. The van der Waals surface area contributed by atoms with E-state index >= 15 is 0 Å². The Labute approximate surface area is 183 Å². The number of amides is 1. The monoisotopic (exact) mass is 445 g/mol. The minimum Gasteiger partial charge on any atom is -0.490 e. The fourth-order valence-corrected chi connectivity index (χ4v) is 3.20. The van der Waals surface area contributed by atoms with Crippen molar-refractivity contribution in [3.05, 3.63) is 42.5 Å². The molecule has 1 aromatic carbocycles. The molecule has 2 aromatic heterocycles. The van der Waals surface area contributed by atoms with Gasteiger partial charge in [-0.2, -0.15) is 14.0 Å². The highest BCUT2D eigenvalue weighted by Gasteiger charge is 2.17. The number of ether oxygens (including phenoxy) is 1. The number of anilines is 1. The summed E-state index contributed by atoms with van der Waals surface area (Å²) in [5.41, 5.74) is 18.4. The van der Waals surface area contributed by atoms with Gasteiger partial charge in [0.15, 0.2) is 18.8 Å². The molecule has 0 unspecified atom stereocenters. The number of nitrogens with zero attached hydrogens (tertiary/aromatic N) is 5. The Morgan fingerprint density at radius 1 is 1.26 bits per heavy atom. The van der Waals surface area contributed by atoms with Crippen LogP contribution in [0.15, 0.2) is 41.8 Å². The Kier molecular flexibility index (Phi) is 7.51. The van der Waals surface area contributed by atoms with Crippen LogP contribution in [0.1, 0.15) is 12.2 Å². The number of aryl methyl sites for hydroxylation is 2. The van der Waals surface area contributed by atoms with E-state index in [0.29, 0.717) is 12.3 Å². The lowest BCUT2D eigenvalue weighted by Crippen LogP contribution is -2.38. The molecule has 12 heteroatoms. The lowest BCUT2D eigenvalue weighted by atomic mass is 10.1. The highest BCUT2D eigenvalue weighted by atomic mass is 32.1. The predicted octanol–water partition coefficient (Wildman–Crippen LogP) is 0.0471. The number of nitrogens with two attached hydrogens (primary N) is 3. The Balaban J connectivity index is 1.51. The van der Waals surface area contributed by atoms with Crippen LogP contribution in [0.5, 0.6) is 5.75 Å². The number of rotatable bonds is 11. The fraction of sp³-hybridized carbons (Fsp3) is 0.316. The van der Waals surface area contributed by atoms with Crippen molar-refractivity contribution in [3.8, 4) is 16.9 Å². The van der Waals surface area contributed by atoms with Crippen molar-refractivity contribution >= 4 is 28.3 Å². The van der Waals surface area contributed by atoms with Crippen molar-refractivity contribution in [1.29, 1.82) is 0 Å². The second kappa shape index (κ2) is 10.5. The third kappa shape index (κ3) is 5.99. The van der Waals surface area contributed by atoms with Crippen LogP contribution in [0.3, 0.4) is 0 Å². The van der Waals surface area contributed by atoms with Gasteiger partial charge in [0.2, 0.25) is 17.7 Å². The van der Waals surface area contributed by atoms with Crippen molar-refractivity contribution < 1.29 is 19.1 Å². The zero-order valence-electron chi connectivity index (χ0n) is 17.1. The molecule has 0 saturated heterocycles. The standard InChI is InChI=1S/C19H24N8O3S/c1-26-11-14(12-27(26)8-2-7-20)13-3-5-15(6-4-13)29-9-10-30-24-16(17(21)28)18-23-19(22)31-25-18/h3-6,11-12H,2,7-10,20H2,1H3,(H3-,21,22,23,25,28)/p+1/b24-16+. The average Bonchev–Trinajstić information content (AvgIpc) is 3.34. The van der Waals surface area contributed by atoms with E-state index in [1.807, 2.05) is 36.0 Å². The first kappa shape index (κ1) is 22.2. The number of carbonyl (C=O) groups excluding carboxylic acids is 1. The summed E-state index contributed by atoms with van der Waals surface area (Å²) in [5, 5.41) is 3.90. The molecule has 3 rings (SSSR count). The van der Waals surface area contributed by atoms with Crippen molar-refractivity contribution in [2.24, 2.45) is 23.7 Å². The Morgan fingerprint density at radius 2 is 2.03 bits per heavy atom. The van der Waals surface area contributed by atoms with Crippen LogP contribution in [0.4, 0.5) is 5.13 Å². The van der Waals surface area contributed by atoms with Gasteiger partial charge < -0.3 is 26.8 Å². The van der Waals surface area contributed by atoms with Crippen LogP contribution in [0.25, 0.3) is 11.1 Å². The van der Waals surface area contributed by atoms with Crippen LogP contribution >= 0.6 is 11.5 Å². The summed E-state index contributed by atoms with van der Waals surface area (Å²) in [6.07, 6.45) is 5.09. The SMILES string of the molecule is C[n+]1cc(-c2ccc(OCCO/N=C(\C(N)=O)c3nsc(N)n3)cc2)cn1CCCN. The maximum absolute atomic E-state index is 11.5. The molecule has 31 heavy (non-hydrogen) atoms. The van der Waals surface area contributed by atoms with Gasteiger partial charge in [0.25, 0.3) is 5.91 Å². The van der Waals surface area contributed by atoms with E-state index in [2.05, 4.69) is 31.6 Å². The largest absolute Gasteiger partial charge is 0.490 e. The van der Waals surface area contributed by atoms with Gasteiger partial charge in [-0.15, -0.1) is 4.68 Å². The number of benzene rings is 1. The molecule has 164 valence electrons. The van der Waals surface area contributed by atoms with Crippen LogP contribution in [0.2, 0.25) is 0 Å². The second-order valence-corrected chi connectivity index (χ2v) is 7.34. The number of hydrogen-bond donors (Lipinski definition) is 3. The molecule has 0 bridgehead atoms. The third-order valence-corrected chi connectivity index (χ3v) is 4.83. The number of aromatic nitrogens is 4. The van der Waals surface area contributed by atoms with Crippen LogP contribution in [-0.4, -0.2) is 45.4 Å². The topological polar surface area (TPSA) is 161 Å². The van der Waals surface area contributed by atoms with Crippen molar-refractivity contribution in [2.75, 3.05) is 25.5 Å². The lowest BCUT2D eigenvalue weighted by molar-refractivity contribution is -0.753. The molecule has 3 aromatic rings. The number of nitrogen functional groups attached to an aromatic ring is 1. The summed E-state index contributed by atoms with van der Waals surface area (Å²) in [7, 11) is 2.00. The van der Waals surface area contributed by atoms with E-state index in [1.165, 1.54) is 0 Å². The summed E-state index contributed by atoms with van der Waals surface area (Å²) in [5.74, 6) is -0.0799. The molecule has 0 fully saturated rings. The molecule has 0 saturated carbocycles. The zero-order valence-corrected chi connectivity index (χ0v) is 17.9. The van der Waals surface area contributed by atoms with E-state index in [9.17, 15) is 4.79 Å². The highest BCUT2D eigenvalue weighted by Crippen LogP contribution is 2.21. The summed E-state index contributed by atoms with van der Waals surface area (Å²) < 4.78 is 13.7. The van der Waals surface area contributed by atoms with E-state index in [0.717, 1.165) is 35.6 Å². The Morgan fingerprint density at radius 3 is 2.68 bits per heavy atom. The molecule has 6 N–H and O–H groups in total. The third-order valence-electron chi connectivity index (χ3n) is 4.28. The van der Waals surface area contributed by atoms with E-state index < -0.39 is 5.91 Å². The summed E-state index contributed by atoms with van der Waals surface area (Å²) in [4.78, 5) is 20.5. The first-order valence-corrected chi connectivity index (χ1v) is 10.3. The maximum Gasteiger partial charge on any atom is 0.274 e. The molecule has 0 aliphatic heterocycles. The normalized spacial score (nSPS) is 11.5. The maximum atomic E-state index is 11.5. The van der Waals surface area contributed by atoms with Crippen LogP contribution < -0.4 is 26.6 Å². The van der Waals surface area contributed by atoms with Gasteiger partial charge in [0.05, 0.1) is 18.3 Å². The molecule has 2 heterocycles. The van der Waals surface area contributed by atoms with Crippen molar-refractivity contribution in [1.82, 2.24) is 14.0 Å². The molecule has 0 atom stereocenters. The van der Waals surface area contributed by atoms with Gasteiger partial charge in [-0.25, -0.2) is 0 Å².